The molecule has 0 spiro atoms. The first kappa shape index (κ1) is 7.27. The van der Waals surface area contributed by atoms with Crippen LogP contribution in [-0.4, -0.2) is 9.55 Å². The average molecular weight is 205 g/mol. The maximum absolute atomic E-state index is 10.8. The highest BCUT2D eigenvalue weighted by atomic mass is 79.9. The molecule has 0 fully saturated rings. The first-order valence-corrected chi connectivity index (χ1v) is 3.72. The molecule has 0 radical (unpaired) electrons. The number of rotatable bonds is 1. The zero-order valence-corrected chi connectivity index (χ0v) is 6.59. The second-order valence-electron chi connectivity index (χ2n) is 1.67. The Morgan fingerprint density at radius 2 is 2.30 bits per heavy atom. The summed E-state index contributed by atoms with van der Waals surface area (Å²) < 4.78 is 1.04. The van der Waals surface area contributed by atoms with E-state index in [1.165, 1.54) is 12.3 Å². The van der Waals surface area contributed by atoms with Gasteiger partial charge in [0.05, 0.1) is 5.45 Å². The third kappa shape index (κ3) is 1.18. The molecule has 1 N–H and O–H groups in total. The Hall–Kier alpha value is -0.840. The van der Waals surface area contributed by atoms with E-state index >= 15 is 0 Å². The number of H-pyrrole nitrogens is 1. The molecule has 54 valence electrons. The van der Waals surface area contributed by atoms with E-state index in [1.54, 1.807) is 0 Å². The number of alkyl halides is 1. The lowest BCUT2D eigenvalue weighted by Gasteiger charge is -1.93. The fraction of sp³-hybridized carbons (Fsp3) is 0.200. The number of nitrogens with one attached hydrogen (secondary N) is 1. The SMILES string of the molecule is O=c1cc[nH]c(=O)n1CBr. The van der Waals surface area contributed by atoms with Crippen LogP contribution in [0.15, 0.2) is 21.9 Å². The van der Waals surface area contributed by atoms with Crippen LogP contribution in [-0.2, 0) is 5.45 Å². The molecule has 10 heavy (non-hydrogen) atoms. The quantitative estimate of drug-likeness (QED) is 0.650. The summed E-state index contributed by atoms with van der Waals surface area (Å²) in [7, 11) is 0. The van der Waals surface area contributed by atoms with Gasteiger partial charge < -0.3 is 4.98 Å². The number of nitrogens with zero attached hydrogens (tertiary/aromatic N) is 1. The molecule has 0 saturated heterocycles. The summed E-state index contributed by atoms with van der Waals surface area (Å²) in [6.45, 7) is 0. The van der Waals surface area contributed by atoms with Gasteiger partial charge in [-0.2, -0.15) is 0 Å². The van der Waals surface area contributed by atoms with Gasteiger partial charge in [-0.1, -0.05) is 15.9 Å². The van der Waals surface area contributed by atoms with Crippen molar-refractivity contribution in [2.75, 3.05) is 0 Å². The van der Waals surface area contributed by atoms with Gasteiger partial charge in [0.1, 0.15) is 0 Å². The lowest BCUT2D eigenvalue weighted by atomic mass is 10.6. The average Bonchev–Trinajstić information content (AvgIpc) is 1.88. The Balaban J connectivity index is 3.46. The number of hydrogen-bond acceptors (Lipinski definition) is 2. The monoisotopic (exact) mass is 204 g/mol. The van der Waals surface area contributed by atoms with Crippen molar-refractivity contribution in [3.8, 4) is 0 Å². The lowest BCUT2D eigenvalue weighted by molar-refractivity contribution is 0.767. The van der Waals surface area contributed by atoms with E-state index in [4.69, 9.17) is 0 Å². The molecule has 0 aliphatic carbocycles. The van der Waals surface area contributed by atoms with Gasteiger partial charge in [-0.15, -0.1) is 0 Å². The molecule has 0 aliphatic rings. The van der Waals surface area contributed by atoms with E-state index in [-0.39, 0.29) is 11.0 Å². The summed E-state index contributed by atoms with van der Waals surface area (Å²) in [5.41, 5.74) is -0.479. The second-order valence-corrected chi connectivity index (χ2v) is 2.17. The van der Waals surface area contributed by atoms with Gasteiger partial charge in [-0.3, -0.25) is 4.79 Å². The first-order valence-electron chi connectivity index (χ1n) is 2.60. The summed E-state index contributed by atoms with van der Waals surface area (Å²) >= 11 is 3.00. The van der Waals surface area contributed by atoms with E-state index < -0.39 is 5.69 Å². The van der Waals surface area contributed by atoms with Crippen LogP contribution in [0.1, 0.15) is 0 Å². The molecule has 0 aromatic carbocycles. The van der Waals surface area contributed by atoms with Gasteiger partial charge in [-0.05, 0) is 0 Å². The van der Waals surface area contributed by atoms with Crippen molar-refractivity contribution in [3.05, 3.63) is 33.1 Å². The molecule has 0 saturated carbocycles. The molecule has 1 rings (SSSR count). The van der Waals surface area contributed by atoms with Gasteiger partial charge in [-0.25, -0.2) is 9.36 Å². The molecule has 1 aromatic rings. The molecule has 4 nitrogen and oxygen atoms in total. The summed E-state index contributed by atoms with van der Waals surface area (Å²) in [6.07, 6.45) is 1.32. The molecular weight excluding hydrogens is 200 g/mol. The highest BCUT2D eigenvalue weighted by Crippen LogP contribution is 1.79. The third-order valence-electron chi connectivity index (χ3n) is 1.06. The van der Waals surface area contributed by atoms with Crippen LogP contribution in [0.5, 0.6) is 0 Å². The minimum atomic E-state index is -0.399. The molecule has 0 unspecified atom stereocenters. The van der Waals surface area contributed by atoms with Crippen molar-refractivity contribution < 1.29 is 0 Å². The largest absolute Gasteiger partial charge is 0.329 e. The van der Waals surface area contributed by atoms with Crippen molar-refractivity contribution in [1.29, 1.82) is 0 Å². The number of aromatic amines is 1. The molecular formula is C5H5BrN2O2. The summed E-state index contributed by atoms with van der Waals surface area (Å²) in [6, 6.07) is 1.29. The Labute approximate surface area is 64.6 Å². The van der Waals surface area contributed by atoms with E-state index in [0.29, 0.717) is 0 Å². The van der Waals surface area contributed by atoms with Gasteiger partial charge in [0.15, 0.2) is 0 Å². The van der Waals surface area contributed by atoms with Crippen LogP contribution in [0.4, 0.5) is 0 Å². The van der Waals surface area contributed by atoms with Crippen LogP contribution in [0, 0.1) is 0 Å². The van der Waals surface area contributed by atoms with E-state index in [1.807, 2.05) is 0 Å². The van der Waals surface area contributed by atoms with Gasteiger partial charge in [0, 0.05) is 12.3 Å². The topological polar surface area (TPSA) is 54.9 Å². The highest BCUT2D eigenvalue weighted by Gasteiger charge is 1.94. The minimum absolute atomic E-state index is 0.224. The summed E-state index contributed by atoms with van der Waals surface area (Å²) in [5, 5.41) is 0. The van der Waals surface area contributed by atoms with Crippen molar-refractivity contribution in [2.24, 2.45) is 0 Å². The Kier molecular flexibility index (Phi) is 2.06. The van der Waals surface area contributed by atoms with Crippen LogP contribution < -0.4 is 11.2 Å². The zero-order chi connectivity index (χ0) is 7.56. The van der Waals surface area contributed by atoms with Crippen LogP contribution in [0.25, 0.3) is 0 Å². The second kappa shape index (κ2) is 2.83. The van der Waals surface area contributed by atoms with Gasteiger partial charge in [0.2, 0.25) is 0 Å². The molecule has 0 amide bonds. The number of halogens is 1. The van der Waals surface area contributed by atoms with E-state index in [2.05, 4.69) is 20.9 Å². The maximum atomic E-state index is 10.8. The summed E-state index contributed by atoms with van der Waals surface area (Å²) in [5.74, 6) is 0. The zero-order valence-electron chi connectivity index (χ0n) is 5.00. The predicted molar refractivity (Wildman–Crippen MR) is 40.2 cm³/mol. The van der Waals surface area contributed by atoms with Gasteiger partial charge in [0.25, 0.3) is 5.56 Å². The fourth-order valence-corrected chi connectivity index (χ4v) is 1.04. The van der Waals surface area contributed by atoms with Crippen molar-refractivity contribution in [2.45, 2.75) is 5.45 Å². The smallest absolute Gasteiger partial charge is 0.314 e. The van der Waals surface area contributed by atoms with Crippen LogP contribution >= 0.6 is 15.9 Å². The standard InChI is InChI=1S/C5H5BrN2O2/c6-3-8-4(9)1-2-7-5(8)10/h1-2H,3H2,(H,7,10). The van der Waals surface area contributed by atoms with E-state index in [0.717, 1.165) is 4.57 Å². The number of aromatic nitrogens is 2. The normalized spacial score (nSPS) is 9.70. The minimum Gasteiger partial charge on any atom is -0.314 e. The van der Waals surface area contributed by atoms with Crippen molar-refractivity contribution in [3.63, 3.8) is 0 Å². The Morgan fingerprint density at radius 1 is 1.60 bits per heavy atom. The lowest BCUT2D eigenvalue weighted by Crippen LogP contribution is -2.32. The maximum Gasteiger partial charge on any atom is 0.329 e. The molecule has 0 atom stereocenters. The fourth-order valence-electron chi connectivity index (χ4n) is 0.565. The molecule has 0 aliphatic heterocycles. The molecule has 1 heterocycles. The number of hydrogen-bond donors (Lipinski definition) is 1. The summed E-state index contributed by atoms with van der Waals surface area (Å²) in [4.78, 5) is 23.9. The molecule has 0 bridgehead atoms. The Bertz CT molecular complexity index is 299. The van der Waals surface area contributed by atoms with Crippen molar-refractivity contribution in [1.82, 2.24) is 9.55 Å². The Morgan fingerprint density at radius 3 is 2.70 bits per heavy atom. The third-order valence-corrected chi connectivity index (χ3v) is 1.56. The first-order chi connectivity index (χ1) is 4.75. The van der Waals surface area contributed by atoms with Crippen LogP contribution in [0.2, 0.25) is 0 Å². The molecule has 5 heteroatoms. The highest BCUT2D eigenvalue weighted by molar-refractivity contribution is 9.08. The van der Waals surface area contributed by atoms with E-state index in [9.17, 15) is 9.59 Å². The molecule has 1 aromatic heterocycles. The van der Waals surface area contributed by atoms with Gasteiger partial charge >= 0.3 is 5.69 Å². The van der Waals surface area contributed by atoms with Crippen LogP contribution in [0.3, 0.4) is 0 Å². The van der Waals surface area contributed by atoms with Crippen molar-refractivity contribution >= 4 is 15.9 Å². The predicted octanol–water partition coefficient (Wildman–Crippen LogP) is -0.111.